The van der Waals surface area contributed by atoms with Crippen LogP contribution in [0, 0.1) is 11.7 Å². The van der Waals surface area contributed by atoms with Crippen molar-refractivity contribution in [2.24, 2.45) is 5.92 Å². The number of alkyl halides is 3. The summed E-state index contributed by atoms with van der Waals surface area (Å²) in [4.78, 5) is 13.1. The highest BCUT2D eigenvalue weighted by Gasteiger charge is 2.31. The van der Waals surface area contributed by atoms with Crippen molar-refractivity contribution >= 4 is 5.91 Å². The maximum absolute atomic E-state index is 13.3. The normalized spacial score (nSPS) is 13.3. The van der Waals surface area contributed by atoms with E-state index >= 15 is 0 Å². The van der Waals surface area contributed by atoms with Crippen molar-refractivity contribution in [2.45, 2.75) is 19.6 Å². The van der Waals surface area contributed by atoms with Crippen molar-refractivity contribution in [1.82, 2.24) is 10.2 Å². The molecule has 1 rings (SSSR count). The van der Waals surface area contributed by atoms with Crippen LogP contribution in [0.25, 0.3) is 0 Å². The fourth-order valence-electron chi connectivity index (χ4n) is 2.08. The Kier molecular flexibility index (Phi) is 5.71. The van der Waals surface area contributed by atoms with Gasteiger partial charge in [0.25, 0.3) is 0 Å². The van der Waals surface area contributed by atoms with E-state index < -0.39 is 17.6 Å². The molecule has 7 heteroatoms. The predicted molar refractivity (Wildman–Crippen MR) is 71.0 cm³/mol. The van der Waals surface area contributed by atoms with Crippen molar-refractivity contribution < 1.29 is 22.4 Å². The molecule has 1 N–H and O–H groups in total. The molecule has 1 amide bonds. The molecule has 0 aliphatic carbocycles. The van der Waals surface area contributed by atoms with Gasteiger partial charge in [-0.1, -0.05) is 6.92 Å². The lowest BCUT2D eigenvalue weighted by atomic mass is 10.1. The van der Waals surface area contributed by atoms with Gasteiger partial charge in [-0.2, -0.15) is 13.2 Å². The molecule has 0 aromatic heterocycles. The maximum atomic E-state index is 13.3. The van der Waals surface area contributed by atoms with E-state index in [4.69, 9.17) is 0 Å². The van der Waals surface area contributed by atoms with Crippen LogP contribution in [0.15, 0.2) is 18.2 Å². The van der Waals surface area contributed by atoms with E-state index in [0.29, 0.717) is 12.6 Å². The molecule has 0 saturated carbocycles. The Morgan fingerprint density at radius 3 is 2.48 bits per heavy atom. The van der Waals surface area contributed by atoms with Gasteiger partial charge in [0.2, 0.25) is 5.91 Å². The third-order valence-corrected chi connectivity index (χ3v) is 3.02. The van der Waals surface area contributed by atoms with Gasteiger partial charge < -0.3 is 10.2 Å². The molecule has 0 bridgehead atoms. The number of halogens is 4. The highest BCUT2D eigenvalue weighted by atomic mass is 19.4. The Hall–Kier alpha value is -1.63. The summed E-state index contributed by atoms with van der Waals surface area (Å²) in [6.07, 6.45) is -4.58. The molecule has 118 valence electrons. The first-order valence-corrected chi connectivity index (χ1v) is 6.40. The zero-order valence-corrected chi connectivity index (χ0v) is 12.1. The van der Waals surface area contributed by atoms with E-state index in [-0.39, 0.29) is 23.9 Å². The molecular weight excluding hydrogens is 288 g/mol. The fourth-order valence-corrected chi connectivity index (χ4v) is 2.08. The molecule has 1 aromatic rings. The summed E-state index contributed by atoms with van der Waals surface area (Å²) < 4.78 is 51.1. The first kappa shape index (κ1) is 17.4. The zero-order valence-electron chi connectivity index (χ0n) is 12.1. The smallest absolute Gasteiger partial charge is 0.359 e. The second kappa shape index (κ2) is 6.89. The van der Waals surface area contributed by atoms with Crippen LogP contribution in [0.4, 0.5) is 17.6 Å². The van der Waals surface area contributed by atoms with E-state index in [9.17, 15) is 22.4 Å². The van der Waals surface area contributed by atoms with Crippen molar-refractivity contribution in [3.05, 3.63) is 35.1 Å². The summed E-state index contributed by atoms with van der Waals surface area (Å²) in [5, 5.41) is 2.50. The van der Waals surface area contributed by atoms with Crippen LogP contribution in [0.1, 0.15) is 18.1 Å². The van der Waals surface area contributed by atoms with Crippen molar-refractivity contribution in [3.8, 4) is 0 Å². The third kappa shape index (κ3) is 5.34. The van der Waals surface area contributed by atoms with E-state index in [0.717, 1.165) is 12.1 Å². The number of benzene rings is 1. The number of rotatable bonds is 5. The van der Waals surface area contributed by atoms with Crippen LogP contribution in [0.2, 0.25) is 0 Å². The number of carbonyl (C=O) groups excluding carboxylic acids is 1. The number of hydrogen-bond acceptors (Lipinski definition) is 2. The highest BCUT2D eigenvalue weighted by Crippen LogP contribution is 2.30. The first-order valence-electron chi connectivity index (χ1n) is 6.40. The van der Waals surface area contributed by atoms with Crippen LogP contribution >= 0.6 is 0 Å². The number of nitrogens with zero attached hydrogens (tertiary/aromatic N) is 1. The lowest BCUT2D eigenvalue weighted by Gasteiger charge is -2.21. The number of carbonyl (C=O) groups is 1. The molecule has 3 nitrogen and oxygen atoms in total. The molecule has 0 heterocycles. The molecule has 1 atom stereocenters. The molecule has 0 unspecified atom stereocenters. The van der Waals surface area contributed by atoms with Gasteiger partial charge in [0.05, 0.1) is 5.56 Å². The van der Waals surface area contributed by atoms with Crippen LogP contribution in [0.3, 0.4) is 0 Å². The molecular formula is C14H18F4N2O. The average Bonchev–Trinajstić information content (AvgIpc) is 2.35. The molecule has 1 aromatic carbocycles. The quantitative estimate of drug-likeness (QED) is 0.848. The second-order valence-corrected chi connectivity index (χ2v) is 5.06. The van der Waals surface area contributed by atoms with E-state index in [1.807, 2.05) is 0 Å². The summed E-state index contributed by atoms with van der Waals surface area (Å²) in [5.41, 5.74) is -0.792. The summed E-state index contributed by atoms with van der Waals surface area (Å²) in [6, 6.07) is 2.46. The predicted octanol–water partition coefficient (Wildman–Crippen LogP) is 2.66. The summed E-state index contributed by atoms with van der Waals surface area (Å²) in [6.45, 7) is 2.20. The van der Waals surface area contributed by atoms with Gasteiger partial charge >= 0.3 is 6.18 Å². The monoisotopic (exact) mass is 306 g/mol. The van der Waals surface area contributed by atoms with E-state index in [1.165, 1.54) is 7.05 Å². The second-order valence-electron chi connectivity index (χ2n) is 5.06. The molecule has 0 fully saturated rings. The van der Waals surface area contributed by atoms with Gasteiger partial charge in [-0.25, -0.2) is 4.39 Å². The highest BCUT2D eigenvalue weighted by molar-refractivity contribution is 5.78. The Bertz CT molecular complexity index is 502. The number of amides is 1. The third-order valence-electron chi connectivity index (χ3n) is 3.02. The maximum Gasteiger partial charge on any atom is 0.416 e. The first-order chi connectivity index (χ1) is 9.63. The summed E-state index contributed by atoms with van der Waals surface area (Å²) >= 11 is 0. The van der Waals surface area contributed by atoms with Crippen LogP contribution in [-0.4, -0.2) is 31.4 Å². The Morgan fingerprint density at radius 1 is 1.33 bits per heavy atom. The van der Waals surface area contributed by atoms with Crippen molar-refractivity contribution in [3.63, 3.8) is 0 Å². The molecule has 0 spiro atoms. The SMILES string of the molecule is CNC(=O)[C@@H](C)CN(C)Cc1cc(F)cc(C(F)(F)F)c1. The largest absolute Gasteiger partial charge is 0.416 e. The van der Waals surface area contributed by atoms with Crippen LogP contribution in [0.5, 0.6) is 0 Å². The minimum Gasteiger partial charge on any atom is -0.359 e. The van der Waals surface area contributed by atoms with Crippen LogP contribution in [-0.2, 0) is 17.5 Å². The fraction of sp³-hybridized carbons (Fsp3) is 0.500. The van der Waals surface area contributed by atoms with Gasteiger partial charge in [0.15, 0.2) is 0 Å². The average molecular weight is 306 g/mol. The van der Waals surface area contributed by atoms with Gasteiger partial charge in [-0.05, 0) is 30.8 Å². The summed E-state index contributed by atoms with van der Waals surface area (Å²) in [7, 11) is 3.18. The van der Waals surface area contributed by atoms with Crippen LogP contribution < -0.4 is 5.32 Å². The van der Waals surface area contributed by atoms with Crippen molar-refractivity contribution in [1.29, 1.82) is 0 Å². The lowest BCUT2D eigenvalue weighted by molar-refractivity contribution is -0.137. The van der Waals surface area contributed by atoms with Gasteiger partial charge in [-0.3, -0.25) is 4.79 Å². The summed E-state index contributed by atoms with van der Waals surface area (Å²) in [5.74, 6) is -1.39. The van der Waals surface area contributed by atoms with E-state index in [2.05, 4.69) is 5.32 Å². The minimum absolute atomic E-state index is 0.127. The van der Waals surface area contributed by atoms with Gasteiger partial charge in [0, 0.05) is 26.1 Å². The molecule has 0 aliphatic heterocycles. The minimum atomic E-state index is -4.58. The van der Waals surface area contributed by atoms with Crippen molar-refractivity contribution in [2.75, 3.05) is 20.6 Å². The standard InChI is InChI=1S/C14H18F4N2O/c1-9(13(21)19-2)7-20(3)8-10-4-11(14(16,17)18)6-12(15)5-10/h4-6,9H,7-8H2,1-3H3,(H,19,21)/t9-/m0/s1. The molecule has 21 heavy (non-hydrogen) atoms. The number of hydrogen-bond donors (Lipinski definition) is 1. The molecule has 0 saturated heterocycles. The zero-order chi connectivity index (χ0) is 16.2. The molecule has 0 radical (unpaired) electrons. The number of nitrogens with one attached hydrogen (secondary N) is 1. The topological polar surface area (TPSA) is 32.3 Å². The molecule has 0 aliphatic rings. The van der Waals surface area contributed by atoms with E-state index in [1.54, 1.807) is 18.9 Å². The van der Waals surface area contributed by atoms with Gasteiger partial charge in [0.1, 0.15) is 5.82 Å². The lowest BCUT2D eigenvalue weighted by Crippen LogP contribution is -2.34. The Labute approximate surface area is 120 Å². The van der Waals surface area contributed by atoms with Gasteiger partial charge in [-0.15, -0.1) is 0 Å². The Morgan fingerprint density at radius 2 is 1.95 bits per heavy atom. The Balaban J connectivity index is 2.79.